The topological polar surface area (TPSA) is 117 Å². The summed E-state index contributed by atoms with van der Waals surface area (Å²) in [7, 11) is 0. The predicted molar refractivity (Wildman–Crippen MR) is 116 cm³/mol. The number of hydrogen-bond donors (Lipinski definition) is 4. The van der Waals surface area contributed by atoms with E-state index in [1.807, 2.05) is 0 Å². The summed E-state index contributed by atoms with van der Waals surface area (Å²) in [6, 6.07) is 9.33. The molecule has 2 aromatic carbocycles. The van der Waals surface area contributed by atoms with Crippen molar-refractivity contribution in [3.63, 3.8) is 0 Å². The molecular weight excluding hydrogens is 438 g/mol. The van der Waals surface area contributed by atoms with E-state index in [9.17, 15) is 18.4 Å². The van der Waals surface area contributed by atoms with Crippen LogP contribution in [-0.2, 0) is 9.53 Å². The van der Waals surface area contributed by atoms with E-state index in [-0.39, 0.29) is 18.9 Å². The van der Waals surface area contributed by atoms with Crippen LogP contribution in [0.5, 0.6) is 5.75 Å². The van der Waals surface area contributed by atoms with Crippen molar-refractivity contribution >= 4 is 17.7 Å². The summed E-state index contributed by atoms with van der Waals surface area (Å²) in [5.41, 5.74) is 1.81. The number of anilines is 1. The molecule has 0 saturated carbocycles. The number of ether oxygens (including phenoxy) is 2. The average molecular weight is 462 g/mol. The molecule has 0 aliphatic heterocycles. The molecule has 0 saturated heterocycles. The van der Waals surface area contributed by atoms with Gasteiger partial charge in [-0.2, -0.15) is 0 Å². The highest BCUT2D eigenvalue weighted by Gasteiger charge is 2.23. The first-order valence-corrected chi connectivity index (χ1v) is 9.89. The molecule has 0 aliphatic rings. The maximum absolute atomic E-state index is 13.9. The van der Waals surface area contributed by atoms with Gasteiger partial charge in [0.15, 0.2) is 0 Å². The standard InChI is InChI=1S/C23H24F2N2O6/c1-15(4-2-3-5-21(29)27-31)22(16-6-9-18(10-7-16)32-13-12-28)33-23(30)26-20-11-8-17(24)14-19(20)25/h2-11,14-15,22,28,31H,12-13H2,1H3,(H,26,30)(H,27,29)/b4-2+,5-3+/t15-,22-/m1/s1. The van der Waals surface area contributed by atoms with Crippen LogP contribution in [0, 0.1) is 17.6 Å². The molecule has 0 aliphatic carbocycles. The molecule has 10 heteroatoms. The third kappa shape index (κ3) is 8.36. The lowest BCUT2D eigenvalue weighted by molar-refractivity contribution is -0.124. The normalized spacial score (nSPS) is 13.0. The van der Waals surface area contributed by atoms with E-state index in [4.69, 9.17) is 19.8 Å². The molecule has 0 fully saturated rings. The molecule has 0 heterocycles. The highest BCUT2D eigenvalue weighted by atomic mass is 19.1. The number of hydrogen-bond acceptors (Lipinski definition) is 6. The minimum atomic E-state index is -0.957. The van der Waals surface area contributed by atoms with Gasteiger partial charge in [0.05, 0.1) is 12.3 Å². The van der Waals surface area contributed by atoms with E-state index in [1.54, 1.807) is 37.3 Å². The van der Waals surface area contributed by atoms with Crippen molar-refractivity contribution in [2.24, 2.45) is 5.92 Å². The summed E-state index contributed by atoms with van der Waals surface area (Å²) < 4.78 is 37.8. The Morgan fingerprint density at radius 2 is 1.85 bits per heavy atom. The first-order chi connectivity index (χ1) is 15.8. The summed E-state index contributed by atoms with van der Waals surface area (Å²) in [5, 5.41) is 19.6. The van der Waals surface area contributed by atoms with E-state index in [0.29, 0.717) is 17.4 Å². The second-order valence-corrected chi connectivity index (χ2v) is 6.80. The molecule has 2 amide bonds. The molecule has 33 heavy (non-hydrogen) atoms. The van der Waals surface area contributed by atoms with Gasteiger partial charge in [0.25, 0.3) is 5.91 Å². The van der Waals surface area contributed by atoms with Crippen molar-refractivity contribution in [3.8, 4) is 5.75 Å². The zero-order valence-corrected chi connectivity index (χ0v) is 17.7. The highest BCUT2D eigenvalue weighted by molar-refractivity contribution is 5.86. The molecule has 2 rings (SSSR count). The number of aliphatic hydroxyl groups is 1. The van der Waals surface area contributed by atoms with Crippen LogP contribution in [-0.4, -0.2) is 35.5 Å². The molecule has 4 N–H and O–H groups in total. The van der Waals surface area contributed by atoms with E-state index < -0.39 is 35.7 Å². The molecule has 0 spiro atoms. The lowest BCUT2D eigenvalue weighted by Gasteiger charge is -2.23. The van der Waals surface area contributed by atoms with Gasteiger partial charge in [-0.25, -0.2) is 19.1 Å². The molecule has 0 aromatic heterocycles. The van der Waals surface area contributed by atoms with Gasteiger partial charge in [-0.1, -0.05) is 37.3 Å². The highest BCUT2D eigenvalue weighted by Crippen LogP contribution is 2.29. The Balaban J connectivity index is 2.19. The summed E-state index contributed by atoms with van der Waals surface area (Å²) in [4.78, 5) is 23.5. The SMILES string of the molecule is C[C@H](/C=C/C=C/C(=O)NO)[C@@H](OC(=O)Nc1ccc(F)cc1F)c1ccc(OCCO)cc1. The molecule has 0 radical (unpaired) electrons. The summed E-state index contributed by atoms with van der Waals surface area (Å²) >= 11 is 0. The van der Waals surface area contributed by atoms with Crippen molar-refractivity contribution in [2.45, 2.75) is 13.0 Å². The van der Waals surface area contributed by atoms with Crippen LogP contribution in [0.2, 0.25) is 0 Å². The Labute approximate surface area is 189 Å². The van der Waals surface area contributed by atoms with E-state index >= 15 is 0 Å². The van der Waals surface area contributed by atoms with Crippen molar-refractivity contribution in [2.75, 3.05) is 18.5 Å². The van der Waals surface area contributed by atoms with Gasteiger partial charge in [0.1, 0.15) is 30.1 Å². The quantitative estimate of drug-likeness (QED) is 0.184. The minimum Gasteiger partial charge on any atom is -0.491 e. The summed E-state index contributed by atoms with van der Waals surface area (Å²) in [6.45, 7) is 1.73. The fourth-order valence-electron chi connectivity index (χ4n) is 2.76. The number of rotatable bonds is 10. The number of amides is 2. The first-order valence-electron chi connectivity index (χ1n) is 9.89. The Morgan fingerprint density at radius 3 is 2.48 bits per heavy atom. The van der Waals surface area contributed by atoms with E-state index in [2.05, 4.69) is 5.32 Å². The second-order valence-electron chi connectivity index (χ2n) is 6.80. The Hall–Kier alpha value is -3.76. The number of allylic oxidation sites excluding steroid dienone is 2. The minimum absolute atomic E-state index is 0.123. The van der Waals surface area contributed by atoms with Gasteiger partial charge < -0.3 is 14.6 Å². The largest absolute Gasteiger partial charge is 0.491 e. The number of halogens is 2. The van der Waals surface area contributed by atoms with Gasteiger partial charge >= 0.3 is 6.09 Å². The van der Waals surface area contributed by atoms with E-state index in [1.165, 1.54) is 17.6 Å². The van der Waals surface area contributed by atoms with Gasteiger partial charge in [0.2, 0.25) is 0 Å². The number of carbonyl (C=O) groups is 2. The fraction of sp³-hybridized carbons (Fsp3) is 0.217. The number of benzene rings is 2. The molecule has 176 valence electrons. The van der Waals surface area contributed by atoms with Crippen molar-refractivity contribution < 1.29 is 38.2 Å². The monoisotopic (exact) mass is 462 g/mol. The zero-order chi connectivity index (χ0) is 24.2. The maximum Gasteiger partial charge on any atom is 0.412 e. The number of hydroxylamine groups is 1. The van der Waals surface area contributed by atoms with Gasteiger partial charge in [-0.15, -0.1) is 0 Å². The molecule has 2 atom stereocenters. The summed E-state index contributed by atoms with van der Waals surface area (Å²) in [6.07, 6.45) is 3.90. The Kier molecular flexibility index (Phi) is 10.00. The van der Waals surface area contributed by atoms with Gasteiger partial charge in [0, 0.05) is 18.1 Å². The predicted octanol–water partition coefficient (Wildman–Crippen LogP) is 3.88. The second kappa shape index (κ2) is 12.9. The Morgan fingerprint density at radius 1 is 1.12 bits per heavy atom. The molecule has 2 aromatic rings. The van der Waals surface area contributed by atoms with Crippen LogP contribution in [0.1, 0.15) is 18.6 Å². The van der Waals surface area contributed by atoms with Crippen molar-refractivity contribution in [3.05, 3.63) is 84.0 Å². The van der Waals surface area contributed by atoms with Crippen LogP contribution < -0.4 is 15.5 Å². The van der Waals surface area contributed by atoms with Crippen LogP contribution in [0.4, 0.5) is 19.3 Å². The van der Waals surface area contributed by atoms with Crippen LogP contribution in [0.3, 0.4) is 0 Å². The molecular formula is C23H24F2N2O6. The van der Waals surface area contributed by atoms with Crippen molar-refractivity contribution in [1.29, 1.82) is 0 Å². The van der Waals surface area contributed by atoms with Crippen LogP contribution >= 0.6 is 0 Å². The smallest absolute Gasteiger partial charge is 0.412 e. The number of carbonyl (C=O) groups excluding carboxylic acids is 2. The molecule has 0 bridgehead atoms. The zero-order valence-electron chi connectivity index (χ0n) is 17.7. The lowest BCUT2D eigenvalue weighted by atomic mass is 9.96. The van der Waals surface area contributed by atoms with Gasteiger partial charge in [-0.05, 0) is 29.8 Å². The number of aliphatic hydroxyl groups excluding tert-OH is 1. The molecule has 8 nitrogen and oxygen atoms in total. The first kappa shape index (κ1) is 25.5. The summed E-state index contributed by atoms with van der Waals surface area (Å²) in [5.74, 6) is -2.34. The van der Waals surface area contributed by atoms with E-state index in [0.717, 1.165) is 18.2 Å². The fourth-order valence-corrected chi connectivity index (χ4v) is 2.76. The van der Waals surface area contributed by atoms with Crippen LogP contribution in [0.25, 0.3) is 0 Å². The maximum atomic E-state index is 13.9. The third-order valence-electron chi connectivity index (χ3n) is 4.33. The third-order valence-corrected chi connectivity index (χ3v) is 4.33. The van der Waals surface area contributed by atoms with Gasteiger partial charge in [-0.3, -0.25) is 15.3 Å². The van der Waals surface area contributed by atoms with Crippen molar-refractivity contribution in [1.82, 2.24) is 5.48 Å². The Bertz CT molecular complexity index is 995. The molecule has 0 unspecified atom stereocenters. The van der Waals surface area contributed by atoms with Crippen LogP contribution in [0.15, 0.2) is 66.8 Å². The average Bonchev–Trinajstić information content (AvgIpc) is 2.80. The lowest BCUT2D eigenvalue weighted by Crippen LogP contribution is -2.21. The number of nitrogens with one attached hydrogen (secondary N) is 2.